The Hall–Kier alpha value is -1.51. The van der Waals surface area contributed by atoms with E-state index in [2.05, 4.69) is 63.4 Å². The Bertz CT molecular complexity index is 557. The summed E-state index contributed by atoms with van der Waals surface area (Å²) in [5, 5.41) is 0.491. The van der Waals surface area contributed by atoms with Gasteiger partial charge in [0.05, 0.1) is 12.4 Å². The van der Waals surface area contributed by atoms with Crippen molar-refractivity contribution >= 4 is 11.6 Å². The first kappa shape index (κ1) is 26.5. The van der Waals surface area contributed by atoms with Crippen LogP contribution in [0.15, 0.2) is 66.4 Å². The van der Waals surface area contributed by atoms with E-state index in [-0.39, 0.29) is 5.41 Å². The van der Waals surface area contributed by atoms with Crippen LogP contribution in [0.5, 0.6) is 0 Å². The summed E-state index contributed by atoms with van der Waals surface area (Å²) in [6, 6.07) is 10.9. The van der Waals surface area contributed by atoms with Crippen molar-refractivity contribution < 1.29 is 9.47 Å². The van der Waals surface area contributed by atoms with Gasteiger partial charge in [-0.05, 0) is 44.2 Å². The van der Waals surface area contributed by atoms with E-state index in [0.29, 0.717) is 5.03 Å². The average molecular weight is 407 g/mol. The van der Waals surface area contributed by atoms with E-state index in [1.54, 1.807) is 0 Å². The van der Waals surface area contributed by atoms with Gasteiger partial charge in [-0.2, -0.15) is 0 Å². The maximum Gasteiger partial charge on any atom is 0.0889 e. The van der Waals surface area contributed by atoms with Crippen LogP contribution in [-0.4, -0.2) is 19.8 Å². The van der Waals surface area contributed by atoms with Gasteiger partial charge in [0.15, 0.2) is 0 Å². The SMILES string of the molecule is C=CC(=C)Cl.CC.CCC/C=C(\C)OCCC1(c2ccccc2)CCOCC1. The van der Waals surface area contributed by atoms with E-state index in [9.17, 15) is 0 Å². The topological polar surface area (TPSA) is 18.5 Å². The Kier molecular flexibility index (Phi) is 15.6. The Morgan fingerprint density at radius 1 is 1.21 bits per heavy atom. The van der Waals surface area contributed by atoms with Gasteiger partial charge in [0, 0.05) is 23.7 Å². The molecule has 2 nitrogen and oxygen atoms in total. The van der Waals surface area contributed by atoms with Gasteiger partial charge in [0.1, 0.15) is 0 Å². The fourth-order valence-corrected chi connectivity index (χ4v) is 3.05. The van der Waals surface area contributed by atoms with Crippen LogP contribution in [0, 0.1) is 0 Å². The molecular weight excluding hydrogens is 368 g/mol. The van der Waals surface area contributed by atoms with Crippen LogP contribution in [0.25, 0.3) is 0 Å². The van der Waals surface area contributed by atoms with Gasteiger partial charge in [-0.3, -0.25) is 0 Å². The van der Waals surface area contributed by atoms with E-state index < -0.39 is 0 Å². The van der Waals surface area contributed by atoms with Gasteiger partial charge in [0.2, 0.25) is 0 Å². The second kappa shape index (κ2) is 16.4. The molecule has 0 atom stereocenters. The number of rotatable bonds is 8. The van der Waals surface area contributed by atoms with Crippen LogP contribution in [0.3, 0.4) is 0 Å². The lowest BCUT2D eigenvalue weighted by atomic mass is 9.72. The van der Waals surface area contributed by atoms with Crippen molar-refractivity contribution in [3.63, 3.8) is 0 Å². The zero-order valence-corrected chi connectivity index (χ0v) is 19.1. The highest BCUT2D eigenvalue weighted by molar-refractivity contribution is 6.30. The minimum Gasteiger partial charge on any atom is -0.499 e. The van der Waals surface area contributed by atoms with Gasteiger partial charge >= 0.3 is 0 Å². The summed E-state index contributed by atoms with van der Waals surface area (Å²) in [5.41, 5.74) is 1.66. The van der Waals surface area contributed by atoms with E-state index in [0.717, 1.165) is 51.3 Å². The molecule has 1 aromatic carbocycles. The summed E-state index contributed by atoms with van der Waals surface area (Å²) in [6.07, 6.45) is 9.21. The number of hydrogen-bond donors (Lipinski definition) is 0. The predicted molar refractivity (Wildman–Crippen MR) is 124 cm³/mol. The second-order valence-corrected chi connectivity index (χ2v) is 7.10. The van der Waals surface area contributed by atoms with Gasteiger partial charge in [-0.1, -0.05) is 88.4 Å². The van der Waals surface area contributed by atoms with Crippen LogP contribution in [0.4, 0.5) is 0 Å². The van der Waals surface area contributed by atoms with E-state index in [1.165, 1.54) is 18.1 Å². The number of ether oxygens (including phenoxy) is 2. The Morgan fingerprint density at radius 2 is 1.79 bits per heavy atom. The lowest BCUT2D eigenvalue weighted by Crippen LogP contribution is -2.35. The molecule has 1 aliphatic heterocycles. The van der Waals surface area contributed by atoms with E-state index in [1.807, 2.05) is 13.8 Å². The number of halogens is 1. The molecule has 0 saturated carbocycles. The minimum atomic E-state index is 0.227. The van der Waals surface area contributed by atoms with E-state index in [4.69, 9.17) is 21.1 Å². The fourth-order valence-electron chi connectivity index (χ4n) is 3.05. The molecule has 3 heteroatoms. The molecule has 2 rings (SSSR count). The van der Waals surface area contributed by atoms with Crippen molar-refractivity contribution in [3.8, 4) is 0 Å². The molecule has 1 aromatic rings. The first-order valence-electron chi connectivity index (χ1n) is 10.4. The Morgan fingerprint density at radius 3 is 2.29 bits per heavy atom. The summed E-state index contributed by atoms with van der Waals surface area (Å²) in [5.74, 6) is 1.06. The normalized spacial score (nSPS) is 15.2. The molecule has 1 fully saturated rings. The number of allylic oxidation sites excluding steroid dienone is 4. The van der Waals surface area contributed by atoms with Crippen LogP contribution >= 0.6 is 11.6 Å². The third-order valence-corrected chi connectivity index (χ3v) is 4.84. The maximum absolute atomic E-state index is 5.91. The molecule has 1 saturated heterocycles. The van der Waals surface area contributed by atoms with Crippen LogP contribution < -0.4 is 0 Å². The van der Waals surface area contributed by atoms with Gasteiger partial charge in [0.25, 0.3) is 0 Å². The number of benzene rings is 1. The van der Waals surface area contributed by atoms with Crippen LogP contribution in [0.2, 0.25) is 0 Å². The molecule has 1 aliphatic rings. The molecule has 0 bridgehead atoms. The Labute approximate surface area is 178 Å². The summed E-state index contributed by atoms with van der Waals surface area (Å²) >= 11 is 5.15. The predicted octanol–water partition coefficient (Wildman–Crippen LogP) is 7.80. The zero-order valence-electron chi connectivity index (χ0n) is 18.3. The quantitative estimate of drug-likeness (QED) is 0.324. The summed E-state index contributed by atoms with van der Waals surface area (Å²) in [4.78, 5) is 0. The minimum absolute atomic E-state index is 0.227. The van der Waals surface area contributed by atoms with E-state index >= 15 is 0 Å². The van der Waals surface area contributed by atoms with Crippen molar-refractivity contribution in [2.45, 2.75) is 65.2 Å². The zero-order chi connectivity index (χ0) is 21.3. The largest absolute Gasteiger partial charge is 0.499 e. The third kappa shape index (κ3) is 10.7. The lowest BCUT2D eigenvalue weighted by molar-refractivity contribution is 0.0371. The Balaban J connectivity index is 0.000000906. The molecule has 0 aromatic heterocycles. The van der Waals surface area contributed by atoms with Gasteiger partial charge in [-0.25, -0.2) is 0 Å². The molecule has 1 heterocycles. The first-order valence-corrected chi connectivity index (χ1v) is 10.8. The highest BCUT2D eigenvalue weighted by Crippen LogP contribution is 2.38. The average Bonchev–Trinajstić information content (AvgIpc) is 2.75. The molecule has 0 unspecified atom stereocenters. The van der Waals surface area contributed by atoms with Gasteiger partial charge < -0.3 is 9.47 Å². The fraction of sp³-hybridized carbons (Fsp3) is 0.520. The molecular formula is C25H39ClO2. The van der Waals surface area contributed by atoms with Crippen LogP contribution in [-0.2, 0) is 14.9 Å². The van der Waals surface area contributed by atoms with Crippen molar-refractivity contribution in [1.29, 1.82) is 0 Å². The molecule has 158 valence electrons. The lowest BCUT2D eigenvalue weighted by Gasteiger charge is -2.37. The summed E-state index contributed by atoms with van der Waals surface area (Å²) in [7, 11) is 0. The molecule has 0 radical (unpaired) electrons. The molecule has 0 amide bonds. The number of unbranched alkanes of at least 4 members (excludes halogenated alkanes) is 1. The van der Waals surface area contributed by atoms with Crippen molar-refractivity contribution in [1.82, 2.24) is 0 Å². The van der Waals surface area contributed by atoms with Crippen molar-refractivity contribution in [2.24, 2.45) is 0 Å². The third-order valence-electron chi connectivity index (χ3n) is 4.69. The summed E-state index contributed by atoms with van der Waals surface area (Å²) in [6.45, 7) is 17.4. The van der Waals surface area contributed by atoms with Gasteiger partial charge in [-0.15, -0.1) is 0 Å². The second-order valence-electron chi connectivity index (χ2n) is 6.61. The molecule has 0 aliphatic carbocycles. The molecule has 0 spiro atoms. The first-order chi connectivity index (χ1) is 13.5. The smallest absolute Gasteiger partial charge is 0.0889 e. The van der Waals surface area contributed by atoms with Crippen LogP contribution in [0.1, 0.15) is 65.4 Å². The molecule has 0 N–H and O–H groups in total. The highest BCUT2D eigenvalue weighted by Gasteiger charge is 2.34. The molecule has 28 heavy (non-hydrogen) atoms. The van der Waals surface area contributed by atoms with Crippen molar-refractivity contribution in [2.75, 3.05) is 19.8 Å². The standard InChI is InChI=1S/C19H28O2.C4H5Cl.C2H6/c1-3-4-8-17(2)21-16-13-19(11-14-20-15-12-19)18-9-6-5-7-10-18;1-3-4(2)5;1-2/h5-10H,3-4,11-16H2,1-2H3;3H,1-2H2;1-2H3/b17-8+;;. The maximum atomic E-state index is 5.91. The van der Waals surface area contributed by atoms with Crippen molar-refractivity contribution in [3.05, 3.63) is 72.0 Å². The number of hydrogen-bond acceptors (Lipinski definition) is 2. The monoisotopic (exact) mass is 406 g/mol. The summed E-state index contributed by atoms with van der Waals surface area (Å²) < 4.78 is 11.5. The highest BCUT2D eigenvalue weighted by atomic mass is 35.5.